The highest BCUT2D eigenvalue weighted by Gasteiger charge is 2.37. The monoisotopic (exact) mass is 529 g/mol. The molecule has 0 bridgehead atoms. The minimum Gasteiger partial charge on any atom is -0.377 e. The van der Waals surface area contributed by atoms with Gasteiger partial charge in [-0.05, 0) is 79.5 Å². The van der Waals surface area contributed by atoms with Crippen molar-refractivity contribution in [1.29, 1.82) is 0 Å². The molecule has 4 atom stereocenters. The third kappa shape index (κ3) is 6.84. The summed E-state index contributed by atoms with van der Waals surface area (Å²) in [6, 6.07) is 2.71. The van der Waals surface area contributed by atoms with E-state index in [2.05, 4.69) is 6.92 Å². The number of piperidine rings is 1. The smallest absolute Gasteiger partial charge is 0.239 e. The molecule has 2 aliphatic carbocycles. The Morgan fingerprint density at radius 1 is 1.13 bits per heavy atom. The first kappa shape index (κ1) is 28.8. The number of benzene rings is 1. The number of aliphatic hydroxyl groups excluding tert-OH is 1. The first-order chi connectivity index (χ1) is 18.3. The van der Waals surface area contributed by atoms with Crippen molar-refractivity contribution in [3.63, 3.8) is 0 Å². The van der Waals surface area contributed by atoms with Gasteiger partial charge in [0.2, 0.25) is 5.70 Å². The second kappa shape index (κ2) is 13.2. The molecule has 208 valence electrons. The number of rotatable bonds is 12. The Morgan fingerprint density at radius 3 is 2.58 bits per heavy atom. The SMILES string of the molecule is CCCCCC(CC(=O)CC1CCN(C(O)C2CC=CC=C2[N+](C)=O)CC1)C1CCc2cc(F)c(F)cc21. The first-order valence-corrected chi connectivity index (χ1v) is 14.5. The lowest BCUT2D eigenvalue weighted by molar-refractivity contribution is -0.477. The molecule has 1 N–H and O–H groups in total. The van der Waals surface area contributed by atoms with Gasteiger partial charge in [0.15, 0.2) is 18.7 Å². The molecule has 7 heteroatoms. The minimum absolute atomic E-state index is 0.115. The third-order valence-electron chi connectivity index (χ3n) is 8.98. The predicted octanol–water partition coefficient (Wildman–Crippen LogP) is 6.44. The molecule has 1 aromatic rings. The van der Waals surface area contributed by atoms with Gasteiger partial charge in [-0.3, -0.25) is 9.69 Å². The van der Waals surface area contributed by atoms with Crippen LogP contribution >= 0.6 is 0 Å². The van der Waals surface area contributed by atoms with Gasteiger partial charge in [-0.1, -0.05) is 38.3 Å². The third-order valence-corrected chi connectivity index (χ3v) is 8.98. The molecule has 1 heterocycles. The van der Waals surface area contributed by atoms with E-state index in [-0.39, 0.29) is 29.5 Å². The molecule has 1 aromatic carbocycles. The van der Waals surface area contributed by atoms with Crippen LogP contribution in [0.3, 0.4) is 0 Å². The lowest BCUT2D eigenvalue weighted by Crippen LogP contribution is -2.46. The second-order valence-corrected chi connectivity index (χ2v) is 11.6. The fourth-order valence-corrected chi connectivity index (χ4v) is 6.85. The number of aryl methyl sites for hydroxylation is 1. The molecule has 38 heavy (non-hydrogen) atoms. The maximum absolute atomic E-state index is 14.1. The molecular weight excluding hydrogens is 486 g/mol. The quantitative estimate of drug-likeness (QED) is 0.250. The Morgan fingerprint density at radius 2 is 1.87 bits per heavy atom. The summed E-state index contributed by atoms with van der Waals surface area (Å²) in [5.74, 6) is -0.995. The summed E-state index contributed by atoms with van der Waals surface area (Å²) in [6.07, 6.45) is 14.0. The van der Waals surface area contributed by atoms with E-state index >= 15 is 0 Å². The number of nitrogens with zero attached hydrogens (tertiary/aromatic N) is 2. The molecule has 0 radical (unpaired) electrons. The Balaban J connectivity index is 1.32. The molecule has 0 spiro atoms. The van der Waals surface area contributed by atoms with Crippen molar-refractivity contribution in [2.75, 3.05) is 20.1 Å². The molecular formula is C31H43F2N2O3+. The second-order valence-electron chi connectivity index (χ2n) is 11.6. The maximum atomic E-state index is 14.1. The molecule has 4 unspecified atom stereocenters. The zero-order valence-corrected chi connectivity index (χ0v) is 22.9. The molecule has 1 saturated heterocycles. The Kier molecular flexibility index (Phi) is 9.99. The van der Waals surface area contributed by atoms with E-state index in [9.17, 15) is 23.6 Å². The number of fused-ring (bicyclic) bond motifs is 1. The van der Waals surface area contributed by atoms with E-state index in [0.29, 0.717) is 38.0 Å². The first-order valence-electron chi connectivity index (χ1n) is 14.5. The average Bonchev–Trinajstić information content (AvgIpc) is 3.30. The molecule has 5 nitrogen and oxygen atoms in total. The van der Waals surface area contributed by atoms with E-state index in [1.807, 2.05) is 17.1 Å². The molecule has 3 aliphatic rings. The van der Waals surface area contributed by atoms with Gasteiger partial charge >= 0.3 is 0 Å². The highest BCUT2D eigenvalue weighted by Crippen LogP contribution is 2.43. The number of hydrogen-bond donors (Lipinski definition) is 1. The fraction of sp³-hybridized carbons (Fsp3) is 0.645. The van der Waals surface area contributed by atoms with E-state index in [0.717, 1.165) is 67.3 Å². The average molecular weight is 530 g/mol. The van der Waals surface area contributed by atoms with Gasteiger partial charge in [-0.2, -0.15) is 0 Å². The summed E-state index contributed by atoms with van der Waals surface area (Å²) in [5.41, 5.74) is 2.39. The van der Waals surface area contributed by atoms with Gasteiger partial charge in [-0.25, -0.2) is 8.78 Å². The summed E-state index contributed by atoms with van der Waals surface area (Å²) in [7, 11) is 1.47. The van der Waals surface area contributed by atoms with Crippen molar-refractivity contribution < 1.29 is 23.4 Å². The van der Waals surface area contributed by atoms with E-state index < -0.39 is 17.9 Å². The number of carbonyl (C=O) groups is 1. The molecule has 1 fully saturated rings. The van der Waals surface area contributed by atoms with Crippen LogP contribution in [0.2, 0.25) is 0 Å². The number of aliphatic hydroxyl groups is 1. The Labute approximate surface area is 225 Å². The zero-order chi connectivity index (χ0) is 27.2. The maximum Gasteiger partial charge on any atom is 0.239 e. The van der Waals surface area contributed by atoms with Crippen LogP contribution in [-0.4, -0.2) is 46.9 Å². The zero-order valence-electron chi connectivity index (χ0n) is 22.9. The number of unbranched alkanes of at least 4 members (excludes halogenated alkanes) is 2. The lowest BCUT2D eigenvalue weighted by atomic mass is 9.79. The van der Waals surface area contributed by atoms with Crippen LogP contribution in [0.1, 0.15) is 88.2 Å². The summed E-state index contributed by atoms with van der Waals surface area (Å²) >= 11 is 0. The van der Waals surface area contributed by atoms with Crippen LogP contribution in [0.25, 0.3) is 0 Å². The highest BCUT2D eigenvalue weighted by molar-refractivity contribution is 5.79. The number of halogens is 2. The number of likely N-dealkylation sites (tertiary alicyclic amines) is 1. The van der Waals surface area contributed by atoms with Crippen molar-refractivity contribution in [2.24, 2.45) is 17.8 Å². The topological polar surface area (TPSA) is 60.6 Å². The van der Waals surface area contributed by atoms with Crippen molar-refractivity contribution in [1.82, 2.24) is 4.90 Å². The van der Waals surface area contributed by atoms with Gasteiger partial charge < -0.3 is 5.11 Å². The lowest BCUT2D eigenvalue weighted by Gasteiger charge is -2.37. The summed E-state index contributed by atoms with van der Waals surface area (Å²) in [5, 5.41) is 11.0. The number of nitroso groups, excluding NO2 is 1. The number of allylic oxidation sites excluding steroid dienone is 3. The minimum atomic E-state index is -0.794. The molecule has 0 aromatic heterocycles. The molecule has 1 aliphatic heterocycles. The van der Waals surface area contributed by atoms with Crippen molar-refractivity contribution in [3.05, 3.63) is 63.7 Å². The number of carbonyl (C=O) groups excluding carboxylic acids is 1. The summed E-state index contributed by atoms with van der Waals surface area (Å²) in [6.45, 7) is 3.57. The number of hydrogen-bond acceptors (Lipinski definition) is 4. The fourth-order valence-electron chi connectivity index (χ4n) is 6.85. The largest absolute Gasteiger partial charge is 0.377 e. The van der Waals surface area contributed by atoms with Crippen LogP contribution in [-0.2, 0) is 11.2 Å². The Bertz CT molecular complexity index is 1060. The summed E-state index contributed by atoms with van der Waals surface area (Å²) < 4.78 is 28.7. The van der Waals surface area contributed by atoms with Crippen molar-refractivity contribution in [2.45, 2.75) is 89.7 Å². The van der Waals surface area contributed by atoms with E-state index in [1.54, 1.807) is 6.08 Å². The van der Waals surface area contributed by atoms with Crippen LogP contribution in [0.4, 0.5) is 8.78 Å². The van der Waals surface area contributed by atoms with Crippen LogP contribution in [0.15, 0.2) is 36.1 Å². The van der Waals surface area contributed by atoms with Gasteiger partial charge in [0.25, 0.3) is 0 Å². The van der Waals surface area contributed by atoms with E-state index in [4.69, 9.17) is 0 Å². The number of ketones is 1. The predicted molar refractivity (Wildman–Crippen MR) is 144 cm³/mol. The van der Waals surface area contributed by atoms with Gasteiger partial charge in [0.05, 0.1) is 5.92 Å². The van der Waals surface area contributed by atoms with Gasteiger partial charge in [0, 0.05) is 41.7 Å². The molecule has 0 saturated carbocycles. The van der Waals surface area contributed by atoms with Gasteiger partial charge in [-0.15, -0.1) is 0 Å². The van der Waals surface area contributed by atoms with Crippen LogP contribution < -0.4 is 0 Å². The summed E-state index contributed by atoms with van der Waals surface area (Å²) in [4.78, 5) is 27.3. The molecule has 0 amide bonds. The van der Waals surface area contributed by atoms with Crippen LogP contribution in [0.5, 0.6) is 0 Å². The van der Waals surface area contributed by atoms with Gasteiger partial charge in [0.1, 0.15) is 12.0 Å². The highest BCUT2D eigenvalue weighted by atomic mass is 19.2. The number of Topliss-reactive ketones (excluding diaryl/α,β-unsaturated/α-hetero) is 1. The Hall–Kier alpha value is -2.25. The standard InChI is InChI=1S/C31H43F2N2O3/c1-3-4-5-8-22(25-12-11-23-19-28(32)29(33)20-27(23)25)18-24(36)17-21-13-15-35(16-14-21)31(37)26-9-6-7-10-30(26)34(2)38/h6-7,10,19-22,25-26,31,37H,3-5,8-9,11-18H2,1-2H3/q+1. The van der Waals surface area contributed by atoms with Crippen LogP contribution in [0, 0.1) is 34.3 Å². The van der Waals surface area contributed by atoms with Crippen molar-refractivity contribution in [3.8, 4) is 0 Å². The van der Waals surface area contributed by atoms with E-state index in [1.165, 1.54) is 19.2 Å². The van der Waals surface area contributed by atoms with Crippen molar-refractivity contribution >= 4 is 5.78 Å². The molecule has 4 rings (SSSR count). The normalized spacial score (nSPS) is 23.7.